The summed E-state index contributed by atoms with van der Waals surface area (Å²) in [6.45, 7) is 2.91. The molecule has 0 radical (unpaired) electrons. The average molecular weight is 369 g/mol. The summed E-state index contributed by atoms with van der Waals surface area (Å²) in [6.07, 6.45) is -1.05. The summed E-state index contributed by atoms with van der Waals surface area (Å²) in [5.41, 5.74) is 0.134. The topological polar surface area (TPSA) is 72.5 Å². The minimum absolute atomic E-state index is 0.00544. The first-order chi connectivity index (χ1) is 11.7. The second kappa shape index (κ2) is 7.60. The largest absolute Gasteiger partial charge is 0.481 e. The summed E-state index contributed by atoms with van der Waals surface area (Å²) >= 11 is 0. The van der Waals surface area contributed by atoms with Crippen LogP contribution in [0.1, 0.15) is 13.8 Å². The van der Waals surface area contributed by atoms with Gasteiger partial charge in [0.25, 0.3) is 5.91 Å². The van der Waals surface area contributed by atoms with Crippen molar-refractivity contribution >= 4 is 21.4 Å². The van der Waals surface area contributed by atoms with E-state index in [0.717, 1.165) is 12.1 Å². The van der Waals surface area contributed by atoms with Crippen LogP contribution in [-0.4, -0.2) is 26.2 Å². The van der Waals surface area contributed by atoms with Crippen molar-refractivity contribution in [2.75, 3.05) is 11.1 Å². The molecular weight excluding hydrogens is 352 g/mol. The molecule has 0 aliphatic heterocycles. The second-order valence-corrected chi connectivity index (χ2v) is 7.47. The summed E-state index contributed by atoms with van der Waals surface area (Å²) < 4.78 is 55.5. The predicted molar refractivity (Wildman–Crippen MR) is 89.2 cm³/mol. The van der Waals surface area contributed by atoms with Gasteiger partial charge in [-0.3, -0.25) is 4.79 Å². The Morgan fingerprint density at radius 1 is 1.16 bits per heavy atom. The predicted octanol–water partition coefficient (Wildman–Crippen LogP) is 3.16. The number of amides is 1. The molecule has 0 saturated carbocycles. The fourth-order valence-electron chi connectivity index (χ4n) is 2.04. The summed E-state index contributed by atoms with van der Waals surface area (Å²) in [7, 11) is -3.52. The molecule has 0 aliphatic rings. The molecule has 0 bridgehead atoms. The summed E-state index contributed by atoms with van der Waals surface area (Å²) in [6, 6.07) is 8.91. The molecule has 2 aromatic rings. The van der Waals surface area contributed by atoms with Gasteiger partial charge in [-0.15, -0.1) is 0 Å². The van der Waals surface area contributed by atoms with E-state index >= 15 is 0 Å². The molecule has 0 unspecified atom stereocenters. The van der Waals surface area contributed by atoms with Crippen molar-refractivity contribution in [3.05, 3.63) is 54.1 Å². The molecule has 1 N–H and O–H groups in total. The minimum atomic E-state index is -3.52. The maximum absolute atomic E-state index is 13.2. The van der Waals surface area contributed by atoms with Crippen LogP contribution in [0.4, 0.5) is 14.5 Å². The van der Waals surface area contributed by atoms with Crippen molar-refractivity contribution in [1.82, 2.24) is 0 Å². The van der Waals surface area contributed by atoms with E-state index in [9.17, 15) is 22.0 Å². The fourth-order valence-corrected chi connectivity index (χ4v) is 3.09. The van der Waals surface area contributed by atoms with Crippen molar-refractivity contribution in [3.63, 3.8) is 0 Å². The highest BCUT2D eigenvalue weighted by molar-refractivity contribution is 7.91. The van der Waals surface area contributed by atoms with Gasteiger partial charge in [-0.2, -0.15) is 0 Å². The number of anilines is 1. The van der Waals surface area contributed by atoms with Gasteiger partial charge in [0.05, 0.1) is 16.3 Å². The molecule has 25 heavy (non-hydrogen) atoms. The number of rotatable bonds is 6. The van der Waals surface area contributed by atoms with Crippen molar-refractivity contribution < 1.29 is 26.7 Å². The zero-order chi connectivity index (χ0) is 18.6. The third-order valence-electron chi connectivity index (χ3n) is 3.43. The highest BCUT2D eigenvalue weighted by Gasteiger charge is 2.21. The number of nitrogens with one attached hydrogen (secondary N) is 1. The molecule has 1 atom stereocenters. The molecule has 0 aliphatic carbocycles. The van der Waals surface area contributed by atoms with Gasteiger partial charge in [0.2, 0.25) is 0 Å². The maximum atomic E-state index is 13.2. The molecule has 1 amide bonds. The van der Waals surface area contributed by atoms with Gasteiger partial charge in [-0.1, -0.05) is 19.1 Å². The summed E-state index contributed by atoms with van der Waals surface area (Å²) in [5, 5.41) is 2.49. The van der Waals surface area contributed by atoms with Gasteiger partial charge in [0, 0.05) is 6.07 Å². The fraction of sp³-hybridized carbons (Fsp3) is 0.235. The van der Waals surface area contributed by atoms with Crippen molar-refractivity contribution in [2.24, 2.45) is 0 Å². The van der Waals surface area contributed by atoms with Gasteiger partial charge in [-0.05, 0) is 31.2 Å². The standard InChI is InChI=1S/C17H17F2NO4S/c1-3-25(22,23)16-7-5-4-6-15(16)20-17(21)11(2)24-12-8-9-13(18)14(19)10-12/h4-11H,3H2,1-2H3,(H,20,21)/t11-/m1/s1. The van der Waals surface area contributed by atoms with E-state index in [0.29, 0.717) is 0 Å². The minimum Gasteiger partial charge on any atom is -0.481 e. The molecule has 2 aromatic carbocycles. The molecule has 8 heteroatoms. The zero-order valence-electron chi connectivity index (χ0n) is 13.6. The smallest absolute Gasteiger partial charge is 0.265 e. The van der Waals surface area contributed by atoms with Crippen molar-refractivity contribution in [2.45, 2.75) is 24.8 Å². The quantitative estimate of drug-likeness (QED) is 0.849. The summed E-state index contributed by atoms with van der Waals surface area (Å²) in [4.78, 5) is 12.2. The van der Waals surface area contributed by atoms with Crippen molar-refractivity contribution in [1.29, 1.82) is 0 Å². The maximum Gasteiger partial charge on any atom is 0.265 e. The second-order valence-electron chi connectivity index (χ2n) is 5.22. The highest BCUT2D eigenvalue weighted by atomic mass is 32.2. The molecule has 5 nitrogen and oxygen atoms in total. The van der Waals surface area contributed by atoms with E-state index in [2.05, 4.69) is 5.32 Å². The lowest BCUT2D eigenvalue weighted by Gasteiger charge is -2.16. The van der Waals surface area contributed by atoms with E-state index in [1.807, 2.05) is 0 Å². The highest BCUT2D eigenvalue weighted by Crippen LogP contribution is 2.23. The third-order valence-corrected chi connectivity index (χ3v) is 5.22. The Morgan fingerprint density at radius 3 is 2.48 bits per heavy atom. The van der Waals surface area contributed by atoms with E-state index < -0.39 is 33.5 Å². The molecule has 0 aromatic heterocycles. The van der Waals surface area contributed by atoms with Gasteiger partial charge >= 0.3 is 0 Å². The Bertz CT molecular complexity index is 884. The van der Waals surface area contributed by atoms with E-state index in [1.54, 1.807) is 12.1 Å². The Morgan fingerprint density at radius 2 is 1.84 bits per heavy atom. The number of hydrogen-bond donors (Lipinski definition) is 1. The lowest BCUT2D eigenvalue weighted by Crippen LogP contribution is -2.30. The number of ether oxygens (including phenoxy) is 1. The van der Waals surface area contributed by atoms with Gasteiger partial charge in [-0.25, -0.2) is 17.2 Å². The first-order valence-electron chi connectivity index (χ1n) is 7.49. The van der Waals surface area contributed by atoms with Gasteiger partial charge in [0.1, 0.15) is 5.75 Å². The summed E-state index contributed by atoms with van der Waals surface area (Å²) in [5.74, 6) is -2.87. The zero-order valence-corrected chi connectivity index (χ0v) is 14.4. The lowest BCUT2D eigenvalue weighted by atomic mass is 10.3. The normalized spacial score (nSPS) is 12.5. The van der Waals surface area contributed by atoms with E-state index in [4.69, 9.17) is 4.74 Å². The number of carbonyl (C=O) groups is 1. The van der Waals surface area contributed by atoms with Crippen LogP contribution in [0.3, 0.4) is 0 Å². The first-order valence-corrected chi connectivity index (χ1v) is 9.14. The van der Waals surface area contributed by atoms with Gasteiger partial charge < -0.3 is 10.1 Å². The van der Waals surface area contributed by atoms with E-state index in [1.165, 1.54) is 32.0 Å². The Labute approximate surface area is 144 Å². The number of sulfone groups is 1. The number of benzene rings is 2. The number of halogens is 2. The molecule has 0 fully saturated rings. The van der Waals surface area contributed by atoms with Crippen LogP contribution in [0, 0.1) is 11.6 Å². The molecule has 0 saturated heterocycles. The van der Waals surface area contributed by atoms with Crippen LogP contribution in [0.5, 0.6) is 5.75 Å². The lowest BCUT2D eigenvalue weighted by molar-refractivity contribution is -0.122. The van der Waals surface area contributed by atoms with Crippen LogP contribution in [0.2, 0.25) is 0 Å². The first kappa shape index (κ1) is 18.9. The number of carbonyl (C=O) groups excluding carboxylic acids is 1. The van der Waals surface area contributed by atoms with Crippen LogP contribution in [-0.2, 0) is 14.6 Å². The Hall–Kier alpha value is -2.48. The third kappa shape index (κ3) is 4.54. The van der Waals surface area contributed by atoms with Crippen molar-refractivity contribution in [3.8, 4) is 5.75 Å². The Balaban J connectivity index is 2.15. The molecule has 134 valence electrons. The SMILES string of the molecule is CCS(=O)(=O)c1ccccc1NC(=O)[C@@H](C)Oc1ccc(F)c(F)c1. The molecular formula is C17H17F2NO4S. The number of hydrogen-bond acceptors (Lipinski definition) is 4. The molecule has 0 heterocycles. The monoisotopic (exact) mass is 369 g/mol. The van der Waals surface area contributed by atoms with E-state index in [-0.39, 0.29) is 22.1 Å². The average Bonchev–Trinajstić information content (AvgIpc) is 2.58. The molecule has 0 spiro atoms. The Kier molecular flexibility index (Phi) is 5.73. The van der Waals surface area contributed by atoms with Crippen LogP contribution < -0.4 is 10.1 Å². The van der Waals surface area contributed by atoms with Crippen LogP contribution in [0.25, 0.3) is 0 Å². The van der Waals surface area contributed by atoms with Crippen LogP contribution >= 0.6 is 0 Å². The number of para-hydroxylation sites is 1. The van der Waals surface area contributed by atoms with Crippen LogP contribution in [0.15, 0.2) is 47.4 Å². The molecule has 2 rings (SSSR count). The van der Waals surface area contributed by atoms with Gasteiger partial charge in [0.15, 0.2) is 27.6 Å².